The maximum Gasteiger partial charge on any atom is 0.263 e. The number of aromatic nitrogens is 1. The van der Waals surface area contributed by atoms with Crippen LogP contribution in [0.25, 0.3) is 0 Å². The first-order valence-electron chi connectivity index (χ1n) is 9.71. The zero-order chi connectivity index (χ0) is 22.7. The fourth-order valence-electron chi connectivity index (χ4n) is 2.83. The lowest BCUT2D eigenvalue weighted by Gasteiger charge is -2.23. The second-order valence-electron chi connectivity index (χ2n) is 7.71. The van der Waals surface area contributed by atoms with E-state index in [9.17, 15) is 16.8 Å². The Morgan fingerprint density at radius 2 is 1.32 bits per heavy atom. The highest BCUT2D eigenvalue weighted by atomic mass is 32.2. The van der Waals surface area contributed by atoms with Crippen LogP contribution in [0.15, 0.2) is 82.7 Å². The predicted molar refractivity (Wildman–Crippen MR) is 122 cm³/mol. The summed E-state index contributed by atoms with van der Waals surface area (Å²) in [6, 6.07) is 17.1. The largest absolute Gasteiger partial charge is 0.280 e. The summed E-state index contributed by atoms with van der Waals surface area (Å²) in [7, 11) is -7.64. The molecule has 0 saturated carbocycles. The Bertz CT molecular complexity index is 1240. The zero-order valence-corrected chi connectivity index (χ0v) is 19.2. The van der Waals surface area contributed by atoms with Gasteiger partial charge in [-0.1, -0.05) is 39.0 Å². The van der Waals surface area contributed by atoms with Crippen LogP contribution >= 0.6 is 0 Å². The molecule has 0 aliphatic carbocycles. The molecule has 31 heavy (non-hydrogen) atoms. The highest BCUT2D eigenvalue weighted by molar-refractivity contribution is 7.93. The van der Waals surface area contributed by atoms with E-state index in [-0.39, 0.29) is 26.7 Å². The number of anilines is 2. The van der Waals surface area contributed by atoms with E-state index in [1.54, 1.807) is 24.3 Å². The van der Waals surface area contributed by atoms with Crippen molar-refractivity contribution in [1.82, 2.24) is 4.98 Å². The van der Waals surface area contributed by atoms with Crippen molar-refractivity contribution in [2.24, 2.45) is 0 Å². The Morgan fingerprint density at radius 1 is 0.774 bits per heavy atom. The SMILES string of the molecule is CCC(C)(C)c1ccc(S(=O)(=O)Nc2ccc(S(=O)(=O)Nc3ccccn3)cc2)cc1. The zero-order valence-electron chi connectivity index (χ0n) is 17.5. The molecule has 0 radical (unpaired) electrons. The van der Waals surface area contributed by atoms with E-state index in [0.29, 0.717) is 0 Å². The third-order valence-corrected chi connectivity index (χ3v) is 7.92. The topological polar surface area (TPSA) is 105 Å². The molecule has 7 nitrogen and oxygen atoms in total. The van der Waals surface area contributed by atoms with Crippen LogP contribution in [-0.2, 0) is 25.5 Å². The molecule has 0 amide bonds. The quantitative estimate of drug-likeness (QED) is 0.520. The average Bonchev–Trinajstić information content (AvgIpc) is 2.74. The highest BCUT2D eigenvalue weighted by Gasteiger charge is 2.20. The normalized spacial score (nSPS) is 12.4. The molecular formula is C22H25N3O4S2. The van der Waals surface area contributed by atoms with Crippen molar-refractivity contribution in [3.05, 3.63) is 78.5 Å². The van der Waals surface area contributed by atoms with Crippen molar-refractivity contribution in [1.29, 1.82) is 0 Å². The van der Waals surface area contributed by atoms with Crippen molar-refractivity contribution in [2.45, 2.75) is 42.4 Å². The summed E-state index contributed by atoms with van der Waals surface area (Å²) in [6.07, 6.45) is 2.41. The minimum atomic E-state index is -3.84. The first kappa shape index (κ1) is 22.8. The van der Waals surface area contributed by atoms with E-state index >= 15 is 0 Å². The van der Waals surface area contributed by atoms with Crippen LogP contribution in [0.1, 0.15) is 32.8 Å². The Morgan fingerprint density at radius 3 is 1.84 bits per heavy atom. The van der Waals surface area contributed by atoms with Crippen molar-refractivity contribution in [3.8, 4) is 0 Å². The molecule has 0 fully saturated rings. The van der Waals surface area contributed by atoms with Gasteiger partial charge >= 0.3 is 0 Å². The summed E-state index contributed by atoms with van der Waals surface area (Å²) in [6.45, 7) is 6.29. The van der Waals surface area contributed by atoms with E-state index in [1.165, 1.54) is 36.5 Å². The number of hydrogen-bond donors (Lipinski definition) is 2. The Balaban J connectivity index is 1.75. The van der Waals surface area contributed by atoms with Gasteiger partial charge in [0.25, 0.3) is 20.0 Å². The van der Waals surface area contributed by atoms with E-state index in [0.717, 1.165) is 12.0 Å². The fraction of sp³-hybridized carbons (Fsp3) is 0.227. The van der Waals surface area contributed by atoms with Gasteiger partial charge in [0.2, 0.25) is 0 Å². The summed E-state index contributed by atoms with van der Waals surface area (Å²) in [5.74, 6) is 0.196. The standard InChI is InChI=1S/C22H25N3O4S2/c1-4-22(2,3)17-8-12-19(13-9-17)30(26,27)24-18-10-14-20(15-11-18)31(28,29)25-21-7-5-6-16-23-21/h5-16,24H,4H2,1-3H3,(H,23,25). The number of rotatable bonds is 8. The van der Waals surface area contributed by atoms with Gasteiger partial charge in [0.05, 0.1) is 9.79 Å². The lowest BCUT2D eigenvalue weighted by atomic mass is 9.82. The monoisotopic (exact) mass is 459 g/mol. The van der Waals surface area contributed by atoms with Gasteiger partial charge in [0, 0.05) is 11.9 Å². The molecule has 2 N–H and O–H groups in total. The molecule has 0 unspecified atom stereocenters. The van der Waals surface area contributed by atoms with E-state index in [1.807, 2.05) is 12.1 Å². The van der Waals surface area contributed by atoms with Crippen molar-refractivity contribution in [2.75, 3.05) is 9.44 Å². The summed E-state index contributed by atoms with van der Waals surface area (Å²) >= 11 is 0. The van der Waals surface area contributed by atoms with Crippen LogP contribution in [0.2, 0.25) is 0 Å². The fourth-order valence-corrected chi connectivity index (χ4v) is 4.89. The van der Waals surface area contributed by atoms with Crippen molar-refractivity contribution < 1.29 is 16.8 Å². The molecule has 1 aromatic heterocycles. The molecule has 2 aromatic carbocycles. The van der Waals surface area contributed by atoms with E-state index in [2.05, 4.69) is 35.2 Å². The van der Waals surface area contributed by atoms with Crippen LogP contribution in [0.5, 0.6) is 0 Å². The lowest BCUT2D eigenvalue weighted by Crippen LogP contribution is -2.17. The van der Waals surface area contributed by atoms with Crippen LogP contribution < -0.4 is 9.44 Å². The number of sulfonamides is 2. The molecule has 3 rings (SSSR count). The van der Waals surface area contributed by atoms with E-state index in [4.69, 9.17) is 0 Å². The average molecular weight is 460 g/mol. The minimum absolute atomic E-state index is 0.00718. The van der Waals surface area contributed by atoms with E-state index < -0.39 is 20.0 Å². The highest BCUT2D eigenvalue weighted by Crippen LogP contribution is 2.28. The number of nitrogens with zero attached hydrogens (tertiary/aromatic N) is 1. The molecule has 9 heteroatoms. The van der Waals surface area contributed by atoms with Gasteiger partial charge in [0.15, 0.2) is 0 Å². The molecule has 0 spiro atoms. The number of nitrogens with one attached hydrogen (secondary N) is 2. The second kappa shape index (κ2) is 8.68. The summed E-state index contributed by atoms with van der Waals surface area (Å²) in [4.78, 5) is 4.06. The summed E-state index contributed by atoms with van der Waals surface area (Å²) in [5.41, 5.74) is 1.28. The first-order valence-corrected chi connectivity index (χ1v) is 12.7. The summed E-state index contributed by atoms with van der Waals surface area (Å²) in [5, 5.41) is 0. The lowest BCUT2D eigenvalue weighted by molar-refractivity contribution is 0.506. The Kier molecular flexibility index (Phi) is 6.38. The van der Waals surface area contributed by atoms with Gasteiger partial charge in [-0.05, 0) is 65.9 Å². The van der Waals surface area contributed by atoms with Gasteiger partial charge in [-0.3, -0.25) is 9.44 Å². The summed E-state index contributed by atoms with van der Waals surface area (Å²) < 4.78 is 55.2. The number of hydrogen-bond acceptors (Lipinski definition) is 5. The van der Waals surface area contributed by atoms with Crippen molar-refractivity contribution in [3.63, 3.8) is 0 Å². The molecule has 1 heterocycles. The molecule has 0 aliphatic rings. The van der Waals surface area contributed by atoms with Crippen LogP contribution in [0.4, 0.5) is 11.5 Å². The molecule has 0 bridgehead atoms. The van der Waals surface area contributed by atoms with Crippen LogP contribution in [0.3, 0.4) is 0 Å². The maximum absolute atomic E-state index is 12.7. The number of benzene rings is 2. The van der Waals surface area contributed by atoms with Gasteiger partial charge in [-0.2, -0.15) is 0 Å². The first-order chi connectivity index (χ1) is 14.5. The van der Waals surface area contributed by atoms with Crippen LogP contribution in [0, 0.1) is 0 Å². The second-order valence-corrected chi connectivity index (χ2v) is 11.1. The maximum atomic E-state index is 12.7. The molecule has 3 aromatic rings. The molecule has 0 atom stereocenters. The van der Waals surface area contributed by atoms with Crippen molar-refractivity contribution >= 4 is 31.6 Å². The van der Waals surface area contributed by atoms with Gasteiger partial charge in [-0.25, -0.2) is 21.8 Å². The molecule has 0 aliphatic heterocycles. The smallest absolute Gasteiger partial charge is 0.263 e. The molecule has 0 saturated heterocycles. The molecule has 164 valence electrons. The minimum Gasteiger partial charge on any atom is -0.280 e. The number of pyridine rings is 1. The van der Waals surface area contributed by atoms with Gasteiger partial charge < -0.3 is 0 Å². The third-order valence-electron chi connectivity index (χ3n) is 5.15. The predicted octanol–water partition coefficient (Wildman–Crippen LogP) is 4.37. The third kappa shape index (κ3) is 5.42. The van der Waals surface area contributed by atoms with Crippen LogP contribution in [-0.4, -0.2) is 21.8 Å². The molecular weight excluding hydrogens is 434 g/mol. The Labute approximate surface area is 183 Å². The van der Waals surface area contributed by atoms with Gasteiger partial charge in [0.1, 0.15) is 5.82 Å². The Hall–Kier alpha value is -2.91. The van der Waals surface area contributed by atoms with Gasteiger partial charge in [-0.15, -0.1) is 0 Å².